The number of phosphoric ester groups is 1. The van der Waals surface area contributed by atoms with Crippen molar-refractivity contribution in [3.63, 3.8) is 0 Å². The monoisotopic (exact) mass is 1010 g/mol. The Kier molecular flexibility index (Phi) is 52.1. The molecule has 2 N–H and O–H groups in total. The molecule has 416 valence electrons. The highest BCUT2D eigenvalue weighted by atomic mass is 31.2. The Bertz CT molecular complexity index is 1190. The molecule has 0 saturated carbocycles. The minimum atomic E-state index is -4.57. The van der Waals surface area contributed by atoms with Gasteiger partial charge in [-0.05, 0) is 44.9 Å². The summed E-state index contributed by atoms with van der Waals surface area (Å²) in [6, 6.07) is -0.799. The van der Waals surface area contributed by atoms with Gasteiger partial charge in [0.25, 0.3) is 7.82 Å². The Balaban J connectivity index is 4.07. The van der Waals surface area contributed by atoms with Gasteiger partial charge in [-0.2, -0.15) is 0 Å². The van der Waals surface area contributed by atoms with Crippen LogP contribution in [0.2, 0.25) is 0 Å². The molecule has 0 aromatic heterocycles. The molecule has 0 aromatic rings. The van der Waals surface area contributed by atoms with E-state index in [2.05, 4.69) is 43.5 Å². The molecule has 0 saturated heterocycles. The highest BCUT2D eigenvalue weighted by Crippen LogP contribution is 2.38. The highest BCUT2D eigenvalue weighted by molar-refractivity contribution is 7.45. The summed E-state index contributed by atoms with van der Waals surface area (Å²) in [4.78, 5) is 25.6. The van der Waals surface area contributed by atoms with Crippen molar-refractivity contribution in [3.8, 4) is 0 Å². The number of rotatable bonds is 57. The van der Waals surface area contributed by atoms with E-state index in [1.807, 2.05) is 21.1 Å². The summed E-state index contributed by atoms with van der Waals surface area (Å²) in [5.74, 6) is -0.159. The lowest BCUT2D eigenvalue weighted by molar-refractivity contribution is -0.870. The van der Waals surface area contributed by atoms with E-state index < -0.39 is 20.0 Å². The Morgan fingerprint density at radius 3 is 1.19 bits per heavy atom. The van der Waals surface area contributed by atoms with Gasteiger partial charge in [-0.1, -0.05) is 282 Å². The molecule has 3 unspecified atom stereocenters. The second-order valence-electron chi connectivity index (χ2n) is 22.4. The molecule has 0 aromatic carbocycles. The molecule has 0 rings (SSSR count). The maximum atomic E-state index is 13.0. The molecular formula is C61H121N2O6P. The number of allylic oxidation sites excluding steroid dienone is 4. The SMILES string of the molecule is CCCCCCC/C=C\C/C=C\CCCCCCCCCCCCCCCCCCCC(=O)NC(COP(=O)([O-])OCC[N+](C)(C)C)C(O)CCCCCCCCCCCCCCCCCCCCC. The van der Waals surface area contributed by atoms with E-state index in [4.69, 9.17) is 9.05 Å². The molecule has 8 nitrogen and oxygen atoms in total. The van der Waals surface area contributed by atoms with Gasteiger partial charge >= 0.3 is 0 Å². The van der Waals surface area contributed by atoms with Gasteiger partial charge in [0, 0.05) is 6.42 Å². The van der Waals surface area contributed by atoms with Crippen LogP contribution in [0.5, 0.6) is 0 Å². The van der Waals surface area contributed by atoms with E-state index in [1.165, 1.54) is 238 Å². The zero-order valence-electron chi connectivity index (χ0n) is 47.5. The Hall–Kier alpha value is -1.02. The molecule has 1 amide bonds. The molecule has 70 heavy (non-hydrogen) atoms. The van der Waals surface area contributed by atoms with E-state index in [0.29, 0.717) is 23.9 Å². The van der Waals surface area contributed by atoms with Crippen LogP contribution in [0, 0.1) is 0 Å². The van der Waals surface area contributed by atoms with E-state index in [0.717, 1.165) is 44.9 Å². The number of hydrogen-bond acceptors (Lipinski definition) is 6. The van der Waals surface area contributed by atoms with Gasteiger partial charge in [0.15, 0.2) is 0 Å². The average molecular weight is 1010 g/mol. The van der Waals surface area contributed by atoms with Gasteiger partial charge in [-0.15, -0.1) is 0 Å². The minimum absolute atomic E-state index is 0.0145. The standard InChI is InChI=1S/C61H121N2O6P/c1-6-8-10-12-14-16-18-20-22-24-26-27-28-29-30-31-32-33-34-35-37-39-41-43-45-47-49-51-53-55-61(65)62-59(58-69-70(66,67)68-57-56-63(3,4)5)60(64)54-52-50-48-46-44-42-40-38-36-25-23-21-19-17-15-13-11-9-7-2/h18,20,24,26,59-60,64H,6-17,19,21-23,25,27-58H2,1-5H3,(H-,62,65,66,67)/b20-18-,26-24-. The summed E-state index contributed by atoms with van der Waals surface area (Å²) in [7, 11) is 1.32. The summed E-state index contributed by atoms with van der Waals surface area (Å²) >= 11 is 0. The third-order valence-electron chi connectivity index (χ3n) is 14.2. The molecule has 3 atom stereocenters. The van der Waals surface area contributed by atoms with E-state index in [1.54, 1.807) is 0 Å². The van der Waals surface area contributed by atoms with Crippen LogP contribution in [-0.4, -0.2) is 68.5 Å². The quantitative estimate of drug-likeness (QED) is 0.0272. The van der Waals surface area contributed by atoms with Crippen molar-refractivity contribution in [1.29, 1.82) is 0 Å². The first-order valence-electron chi connectivity index (χ1n) is 30.7. The summed E-state index contributed by atoms with van der Waals surface area (Å²) in [5, 5.41) is 14.0. The van der Waals surface area contributed by atoms with Crippen LogP contribution < -0.4 is 10.2 Å². The number of amides is 1. The predicted molar refractivity (Wildman–Crippen MR) is 302 cm³/mol. The second kappa shape index (κ2) is 52.8. The van der Waals surface area contributed by atoms with Crippen molar-refractivity contribution in [1.82, 2.24) is 5.32 Å². The summed E-state index contributed by atoms with van der Waals surface area (Å²) in [5.41, 5.74) is 0. The molecule has 0 radical (unpaired) electrons. The Morgan fingerprint density at radius 1 is 0.500 bits per heavy atom. The topological polar surface area (TPSA) is 108 Å². The third-order valence-corrected chi connectivity index (χ3v) is 15.2. The average Bonchev–Trinajstić information content (AvgIpc) is 3.32. The van der Waals surface area contributed by atoms with E-state index in [-0.39, 0.29) is 19.1 Å². The zero-order chi connectivity index (χ0) is 51.3. The number of aliphatic hydroxyl groups excluding tert-OH is 1. The highest BCUT2D eigenvalue weighted by Gasteiger charge is 2.24. The zero-order valence-corrected chi connectivity index (χ0v) is 48.4. The van der Waals surface area contributed by atoms with Gasteiger partial charge in [-0.3, -0.25) is 9.36 Å². The van der Waals surface area contributed by atoms with Crippen LogP contribution in [0.1, 0.15) is 309 Å². The maximum absolute atomic E-state index is 13.0. The maximum Gasteiger partial charge on any atom is 0.268 e. The fraction of sp³-hybridized carbons (Fsp3) is 0.918. The first kappa shape index (κ1) is 69.0. The lowest BCUT2D eigenvalue weighted by Gasteiger charge is -2.30. The van der Waals surface area contributed by atoms with Crippen LogP contribution in [0.4, 0.5) is 0 Å². The molecule has 0 spiro atoms. The van der Waals surface area contributed by atoms with Gasteiger partial charge in [0.05, 0.1) is 39.9 Å². The van der Waals surface area contributed by atoms with Crippen molar-refractivity contribution in [2.45, 2.75) is 321 Å². The van der Waals surface area contributed by atoms with Crippen LogP contribution in [0.3, 0.4) is 0 Å². The van der Waals surface area contributed by atoms with Gasteiger partial charge in [-0.25, -0.2) is 0 Å². The van der Waals surface area contributed by atoms with Crippen molar-refractivity contribution in [2.24, 2.45) is 0 Å². The number of nitrogens with zero attached hydrogens (tertiary/aromatic N) is 1. The van der Waals surface area contributed by atoms with Crippen LogP contribution in [0.15, 0.2) is 24.3 Å². The molecule has 9 heteroatoms. The number of likely N-dealkylation sites (N-methyl/N-ethyl adjacent to an activating group) is 1. The molecule has 0 aliphatic heterocycles. The van der Waals surface area contributed by atoms with E-state index >= 15 is 0 Å². The number of carbonyl (C=O) groups excluding carboxylic acids is 1. The van der Waals surface area contributed by atoms with Crippen molar-refractivity contribution >= 4 is 13.7 Å². The van der Waals surface area contributed by atoms with Gasteiger partial charge in [0.1, 0.15) is 13.2 Å². The fourth-order valence-corrected chi connectivity index (χ4v) is 10.1. The van der Waals surface area contributed by atoms with Crippen molar-refractivity contribution in [2.75, 3.05) is 40.9 Å². The molecular weight excluding hydrogens is 888 g/mol. The van der Waals surface area contributed by atoms with Crippen LogP contribution in [0.25, 0.3) is 0 Å². The lowest BCUT2D eigenvalue weighted by atomic mass is 10.0. The number of unbranched alkanes of at least 4 members (excludes halogenated alkanes) is 40. The molecule has 0 bridgehead atoms. The second-order valence-corrected chi connectivity index (χ2v) is 23.8. The molecule has 0 aliphatic carbocycles. The van der Waals surface area contributed by atoms with Crippen LogP contribution in [-0.2, 0) is 18.4 Å². The smallest absolute Gasteiger partial charge is 0.268 e. The fourth-order valence-electron chi connectivity index (χ4n) is 9.37. The summed E-state index contributed by atoms with van der Waals surface area (Å²) in [6.07, 6.45) is 66.5. The molecule has 0 aliphatic rings. The molecule has 0 fully saturated rings. The van der Waals surface area contributed by atoms with Gasteiger partial charge in [0.2, 0.25) is 5.91 Å². The number of hydrogen-bond donors (Lipinski definition) is 2. The first-order valence-corrected chi connectivity index (χ1v) is 32.1. The Morgan fingerprint density at radius 2 is 0.829 bits per heavy atom. The molecule has 0 heterocycles. The van der Waals surface area contributed by atoms with Crippen molar-refractivity contribution < 1.29 is 32.9 Å². The lowest BCUT2D eigenvalue weighted by Crippen LogP contribution is -2.46. The Labute approximate surface area is 436 Å². The normalized spacial score (nSPS) is 14.0. The number of aliphatic hydroxyl groups is 1. The first-order chi connectivity index (χ1) is 34.0. The van der Waals surface area contributed by atoms with Gasteiger partial charge < -0.3 is 28.8 Å². The minimum Gasteiger partial charge on any atom is -0.756 e. The van der Waals surface area contributed by atoms with Crippen LogP contribution >= 0.6 is 7.82 Å². The van der Waals surface area contributed by atoms with Crippen molar-refractivity contribution in [3.05, 3.63) is 24.3 Å². The number of carbonyl (C=O) groups is 1. The van der Waals surface area contributed by atoms with E-state index in [9.17, 15) is 19.4 Å². The number of quaternary nitrogens is 1. The predicted octanol–water partition coefficient (Wildman–Crippen LogP) is 18.1. The number of nitrogens with one attached hydrogen (secondary N) is 1. The summed E-state index contributed by atoms with van der Waals surface area (Å²) in [6.45, 7) is 4.76. The number of phosphoric acid groups is 1. The largest absolute Gasteiger partial charge is 0.756 e. The summed E-state index contributed by atoms with van der Waals surface area (Å²) < 4.78 is 23.5. The third kappa shape index (κ3) is 54.7.